The van der Waals surface area contributed by atoms with E-state index < -0.39 is 0 Å². The Balaban J connectivity index is 1.17. The molecular weight excluding hydrogens is 354 g/mol. The molecule has 3 nitrogen and oxygen atoms in total. The standard InChI is InChI=1S/C26H29N3/c1-2-6-24-19-29(16-14-22(24)5-1)18-21-12-10-20(11-13-21)17-28-25-9-3-7-23-8-4-15-27-26(23)25/h1-2,4-6,8,10-13,15,25,28H,3,7,9,14,16-19H2. The van der Waals surface area contributed by atoms with Gasteiger partial charge in [0.1, 0.15) is 0 Å². The molecule has 1 aliphatic carbocycles. The van der Waals surface area contributed by atoms with Crippen LogP contribution in [0.5, 0.6) is 0 Å². The molecule has 2 aliphatic rings. The van der Waals surface area contributed by atoms with E-state index in [4.69, 9.17) is 0 Å². The molecule has 0 saturated heterocycles. The molecule has 0 amide bonds. The molecule has 148 valence electrons. The molecule has 1 unspecified atom stereocenters. The van der Waals surface area contributed by atoms with Gasteiger partial charge in [-0.1, -0.05) is 54.6 Å². The summed E-state index contributed by atoms with van der Waals surface area (Å²) in [5.74, 6) is 0. The fourth-order valence-corrected chi connectivity index (χ4v) is 4.76. The first-order chi connectivity index (χ1) is 14.3. The molecule has 3 aromatic rings. The summed E-state index contributed by atoms with van der Waals surface area (Å²) in [7, 11) is 0. The van der Waals surface area contributed by atoms with Crippen LogP contribution in [0.1, 0.15) is 52.4 Å². The minimum absolute atomic E-state index is 0.382. The third kappa shape index (κ3) is 4.26. The second kappa shape index (κ2) is 8.48. The Morgan fingerprint density at radius 3 is 2.55 bits per heavy atom. The van der Waals surface area contributed by atoms with Crippen molar-refractivity contribution in [1.82, 2.24) is 15.2 Å². The van der Waals surface area contributed by atoms with Crippen molar-refractivity contribution in [1.29, 1.82) is 0 Å². The third-order valence-corrected chi connectivity index (χ3v) is 6.39. The van der Waals surface area contributed by atoms with Crippen LogP contribution in [-0.4, -0.2) is 16.4 Å². The Bertz CT molecular complexity index is 964. The molecule has 2 heterocycles. The fraction of sp³-hybridized carbons (Fsp3) is 0.346. The number of nitrogens with zero attached hydrogens (tertiary/aromatic N) is 2. The van der Waals surface area contributed by atoms with Gasteiger partial charge in [0.15, 0.2) is 0 Å². The van der Waals surface area contributed by atoms with Crippen molar-refractivity contribution < 1.29 is 0 Å². The number of aromatic nitrogens is 1. The monoisotopic (exact) mass is 383 g/mol. The maximum Gasteiger partial charge on any atom is 0.0605 e. The topological polar surface area (TPSA) is 28.2 Å². The van der Waals surface area contributed by atoms with Crippen molar-refractivity contribution >= 4 is 0 Å². The zero-order valence-electron chi connectivity index (χ0n) is 17.0. The molecule has 1 N–H and O–H groups in total. The molecule has 0 saturated carbocycles. The van der Waals surface area contributed by atoms with Crippen molar-refractivity contribution in [2.24, 2.45) is 0 Å². The van der Waals surface area contributed by atoms with E-state index in [2.05, 4.69) is 75.9 Å². The zero-order chi connectivity index (χ0) is 19.5. The summed E-state index contributed by atoms with van der Waals surface area (Å²) in [5.41, 5.74) is 8.42. The van der Waals surface area contributed by atoms with Gasteiger partial charge < -0.3 is 5.32 Å². The number of aryl methyl sites for hydroxylation is 1. The summed E-state index contributed by atoms with van der Waals surface area (Å²) in [6.07, 6.45) is 6.67. The molecule has 0 bridgehead atoms. The van der Waals surface area contributed by atoms with Crippen LogP contribution in [0.2, 0.25) is 0 Å². The second-order valence-electron chi connectivity index (χ2n) is 8.42. The quantitative estimate of drug-likeness (QED) is 0.685. The summed E-state index contributed by atoms with van der Waals surface area (Å²) >= 11 is 0. The zero-order valence-corrected chi connectivity index (χ0v) is 17.0. The number of nitrogens with one attached hydrogen (secondary N) is 1. The highest BCUT2D eigenvalue weighted by Gasteiger charge is 2.20. The Morgan fingerprint density at radius 1 is 0.862 bits per heavy atom. The van der Waals surface area contributed by atoms with Gasteiger partial charge in [-0.15, -0.1) is 0 Å². The minimum Gasteiger partial charge on any atom is -0.305 e. The lowest BCUT2D eigenvalue weighted by Crippen LogP contribution is -2.30. The average molecular weight is 384 g/mol. The van der Waals surface area contributed by atoms with Crippen molar-refractivity contribution in [2.45, 2.75) is 51.4 Å². The van der Waals surface area contributed by atoms with Gasteiger partial charge in [-0.25, -0.2) is 0 Å². The van der Waals surface area contributed by atoms with Crippen molar-refractivity contribution in [3.8, 4) is 0 Å². The van der Waals surface area contributed by atoms with E-state index >= 15 is 0 Å². The van der Waals surface area contributed by atoms with Crippen LogP contribution < -0.4 is 5.32 Å². The van der Waals surface area contributed by atoms with Gasteiger partial charge in [0.25, 0.3) is 0 Å². The number of hydrogen-bond acceptors (Lipinski definition) is 3. The first-order valence-corrected chi connectivity index (χ1v) is 10.9. The van der Waals surface area contributed by atoms with Crippen molar-refractivity contribution in [2.75, 3.05) is 6.54 Å². The predicted octanol–water partition coefficient (Wildman–Crippen LogP) is 4.81. The van der Waals surface area contributed by atoms with Gasteiger partial charge in [0.2, 0.25) is 0 Å². The number of benzene rings is 2. The first kappa shape index (κ1) is 18.5. The summed E-state index contributed by atoms with van der Waals surface area (Å²) in [4.78, 5) is 7.20. The first-order valence-electron chi connectivity index (χ1n) is 10.9. The van der Waals surface area contributed by atoms with Crippen molar-refractivity contribution in [3.05, 3.63) is 100 Å². The highest BCUT2D eigenvalue weighted by molar-refractivity contribution is 5.30. The fourth-order valence-electron chi connectivity index (χ4n) is 4.76. The predicted molar refractivity (Wildman–Crippen MR) is 117 cm³/mol. The molecule has 0 spiro atoms. The van der Waals surface area contributed by atoms with E-state index in [0.29, 0.717) is 6.04 Å². The maximum atomic E-state index is 4.64. The van der Waals surface area contributed by atoms with E-state index in [1.807, 2.05) is 6.20 Å². The van der Waals surface area contributed by atoms with Crippen molar-refractivity contribution in [3.63, 3.8) is 0 Å². The Morgan fingerprint density at radius 2 is 1.66 bits per heavy atom. The average Bonchev–Trinajstić information content (AvgIpc) is 2.78. The van der Waals surface area contributed by atoms with Gasteiger partial charge >= 0.3 is 0 Å². The van der Waals surface area contributed by atoms with Crippen LogP contribution in [-0.2, 0) is 32.5 Å². The lowest BCUT2D eigenvalue weighted by atomic mass is 9.92. The molecule has 0 radical (unpaired) electrons. The summed E-state index contributed by atoms with van der Waals surface area (Å²) < 4.78 is 0. The van der Waals surface area contributed by atoms with Gasteiger partial charge in [-0.3, -0.25) is 9.88 Å². The smallest absolute Gasteiger partial charge is 0.0605 e. The minimum atomic E-state index is 0.382. The molecule has 0 fully saturated rings. The molecule has 5 rings (SSSR count). The number of pyridine rings is 1. The van der Waals surface area contributed by atoms with Crippen LogP contribution >= 0.6 is 0 Å². The number of fused-ring (bicyclic) bond motifs is 2. The molecular formula is C26H29N3. The summed E-state index contributed by atoms with van der Waals surface area (Å²) in [6, 6.07) is 22.7. The summed E-state index contributed by atoms with van der Waals surface area (Å²) in [5, 5.41) is 3.73. The Labute approximate surface area is 173 Å². The van der Waals surface area contributed by atoms with Crippen LogP contribution in [0.3, 0.4) is 0 Å². The largest absolute Gasteiger partial charge is 0.305 e. The second-order valence-corrected chi connectivity index (χ2v) is 8.42. The van der Waals surface area contributed by atoms with Gasteiger partial charge in [0.05, 0.1) is 11.7 Å². The molecule has 1 atom stereocenters. The SMILES string of the molecule is c1ccc2c(c1)CCN(Cc1ccc(CNC3CCCc4cccnc43)cc1)C2. The van der Waals surface area contributed by atoms with Crippen LogP contribution in [0.15, 0.2) is 66.9 Å². The van der Waals surface area contributed by atoms with Crippen LogP contribution in [0.4, 0.5) is 0 Å². The lowest BCUT2D eigenvalue weighted by Gasteiger charge is -2.28. The van der Waals surface area contributed by atoms with E-state index in [-0.39, 0.29) is 0 Å². The van der Waals surface area contributed by atoms with Crippen LogP contribution in [0, 0.1) is 0 Å². The van der Waals surface area contributed by atoms with E-state index in [1.54, 1.807) is 0 Å². The Kier molecular flexibility index (Phi) is 5.42. The number of hydrogen-bond donors (Lipinski definition) is 1. The normalized spacial score (nSPS) is 18.8. The number of rotatable bonds is 5. The highest BCUT2D eigenvalue weighted by Crippen LogP contribution is 2.28. The van der Waals surface area contributed by atoms with E-state index in [9.17, 15) is 0 Å². The molecule has 1 aromatic heterocycles. The van der Waals surface area contributed by atoms with Gasteiger partial charge in [-0.05, 0) is 59.6 Å². The van der Waals surface area contributed by atoms with Crippen LogP contribution in [0.25, 0.3) is 0 Å². The Hall–Kier alpha value is -2.49. The van der Waals surface area contributed by atoms with E-state index in [1.165, 1.54) is 46.4 Å². The third-order valence-electron chi connectivity index (χ3n) is 6.39. The highest BCUT2D eigenvalue weighted by atomic mass is 15.1. The van der Waals surface area contributed by atoms with E-state index in [0.717, 1.165) is 39.0 Å². The van der Waals surface area contributed by atoms with Gasteiger partial charge in [-0.2, -0.15) is 0 Å². The molecule has 2 aromatic carbocycles. The summed E-state index contributed by atoms with van der Waals surface area (Å²) in [6.45, 7) is 4.14. The maximum absolute atomic E-state index is 4.64. The molecule has 29 heavy (non-hydrogen) atoms. The van der Waals surface area contributed by atoms with Gasteiger partial charge in [0, 0.05) is 32.4 Å². The molecule has 1 aliphatic heterocycles. The molecule has 3 heteroatoms. The lowest BCUT2D eigenvalue weighted by molar-refractivity contribution is 0.245.